The van der Waals surface area contributed by atoms with Crippen LogP contribution in [0.3, 0.4) is 0 Å². The van der Waals surface area contributed by atoms with Crippen LogP contribution < -0.4 is 8.92 Å². The summed E-state index contributed by atoms with van der Waals surface area (Å²) in [6.45, 7) is 3.57. The molecule has 4 aromatic rings. The molecule has 0 aliphatic heterocycles. The van der Waals surface area contributed by atoms with E-state index in [0.717, 1.165) is 8.92 Å². The molecular weight excluding hydrogens is 519 g/mol. The molecule has 4 nitrogen and oxygen atoms in total. The van der Waals surface area contributed by atoms with Crippen molar-refractivity contribution in [2.75, 3.05) is 0 Å². The third-order valence-corrected chi connectivity index (χ3v) is 11.3. The molecule has 0 spiro atoms. The van der Waals surface area contributed by atoms with E-state index in [1.54, 1.807) is 74.5 Å². The minimum atomic E-state index is -3.57. The Hall–Kier alpha value is -2.70. The second-order valence-corrected chi connectivity index (χ2v) is 13.8. The zero-order chi connectivity index (χ0) is 23.6. The number of aryl methyl sites for hydroxylation is 2. The fourth-order valence-electron chi connectivity index (χ4n) is 3.48. The summed E-state index contributed by atoms with van der Waals surface area (Å²) in [6.07, 6.45) is 0. The van der Waals surface area contributed by atoms with E-state index >= 15 is 0 Å². The number of benzene rings is 4. The molecule has 0 N–H and O–H groups in total. The van der Waals surface area contributed by atoms with Crippen molar-refractivity contribution in [3.05, 3.63) is 108 Å². The molecule has 0 atom stereocenters. The SMILES string of the molecule is Cc1ccccc1S(=O)(=O)c1ccc([Se]c2ccc(S(=O)(=O)c3ccccc3C)cc2)cc1. The summed E-state index contributed by atoms with van der Waals surface area (Å²) in [5, 5.41) is 0. The predicted molar refractivity (Wildman–Crippen MR) is 131 cm³/mol. The van der Waals surface area contributed by atoms with E-state index in [0.29, 0.717) is 20.9 Å². The van der Waals surface area contributed by atoms with Crippen molar-refractivity contribution in [2.45, 2.75) is 33.4 Å². The van der Waals surface area contributed by atoms with Crippen LogP contribution in [0.5, 0.6) is 0 Å². The molecule has 0 saturated heterocycles. The second kappa shape index (κ2) is 9.27. The summed E-state index contributed by atoms with van der Waals surface area (Å²) >= 11 is -0.0874. The van der Waals surface area contributed by atoms with Crippen LogP contribution in [0.25, 0.3) is 0 Å². The van der Waals surface area contributed by atoms with Crippen LogP contribution >= 0.6 is 0 Å². The molecule has 4 aromatic carbocycles. The first-order valence-corrected chi connectivity index (χ1v) is 14.9. The molecule has 33 heavy (non-hydrogen) atoms. The van der Waals surface area contributed by atoms with Crippen LogP contribution in [-0.2, 0) is 19.7 Å². The van der Waals surface area contributed by atoms with Crippen molar-refractivity contribution in [1.82, 2.24) is 0 Å². The summed E-state index contributed by atoms with van der Waals surface area (Å²) in [6, 6.07) is 27.7. The van der Waals surface area contributed by atoms with Gasteiger partial charge in [0.1, 0.15) is 0 Å². The Morgan fingerprint density at radius 2 is 0.818 bits per heavy atom. The van der Waals surface area contributed by atoms with Gasteiger partial charge in [-0.05, 0) is 0 Å². The molecule has 7 heteroatoms. The van der Waals surface area contributed by atoms with Gasteiger partial charge in [-0.15, -0.1) is 0 Å². The third kappa shape index (κ3) is 4.82. The summed E-state index contributed by atoms with van der Waals surface area (Å²) in [5.41, 5.74) is 1.43. The molecule has 4 rings (SSSR count). The van der Waals surface area contributed by atoms with E-state index in [9.17, 15) is 16.8 Å². The summed E-state index contributed by atoms with van der Waals surface area (Å²) in [4.78, 5) is 1.15. The van der Waals surface area contributed by atoms with Crippen molar-refractivity contribution in [1.29, 1.82) is 0 Å². The molecule has 0 aliphatic carbocycles. The Balaban J connectivity index is 1.54. The maximum atomic E-state index is 12.9. The van der Waals surface area contributed by atoms with Gasteiger partial charge in [-0.3, -0.25) is 0 Å². The Kier molecular flexibility index (Phi) is 6.59. The minimum absolute atomic E-state index is 0.0874. The van der Waals surface area contributed by atoms with Gasteiger partial charge in [0.2, 0.25) is 0 Å². The fraction of sp³-hybridized carbons (Fsp3) is 0.0769. The molecule has 0 aliphatic rings. The standard InChI is InChI=1S/C26H22O4S2Se/c1-19-7-3-5-9-25(19)31(27,28)21-11-15-23(16-12-21)33-24-17-13-22(14-18-24)32(29,30)26-10-6-4-8-20(26)2/h3-18H,1-2H3. The van der Waals surface area contributed by atoms with E-state index < -0.39 is 19.7 Å². The molecule has 0 saturated carbocycles. The second-order valence-electron chi connectivity index (χ2n) is 7.58. The molecule has 0 bridgehead atoms. The van der Waals surface area contributed by atoms with Crippen LogP contribution in [0.1, 0.15) is 11.1 Å². The van der Waals surface area contributed by atoms with Crippen molar-refractivity contribution in [2.24, 2.45) is 0 Å². The average Bonchev–Trinajstić information content (AvgIpc) is 2.80. The van der Waals surface area contributed by atoms with Crippen molar-refractivity contribution < 1.29 is 16.8 Å². The molecule has 0 radical (unpaired) electrons. The third-order valence-electron chi connectivity index (χ3n) is 5.27. The molecular formula is C26H22O4S2Se. The predicted octanol–water partition coefficient (Wildman–Crippen LogP) is 3.62. The van der Waals surface area contributed by atoms with Crippen LogP contribution in [-0.4, -0.2) is 31.8 Å². The summed E-state index contributed by atoms with van der Waals surface area (Å²) in [7, 11) is -7.14. The number of hydrogen-bond donors (Lipinski definition) is 0. The van der Waals surface area contributed by atoms with E-state index in [1.807, 2.05) is 36.4 Å². The van der Waals surface area contributed by atoms with Gasteiger partial charge in [-0.2, -0.15) is 0 Å². The molecule has 0 aromatic heterocycles. The first-order chi connectivity index (χ1) is 15.7. The van der Waals surface area contributed by atoms with Gasteiger partial charge < -0.3 is 0 Å². The van der Waals surface area contributed by atoms with Crippen LogP contribution in [0, 0.1) is 13.8 Å². The Morgan fingerprint density at radius 1 is 0.485 bits per heavy atom. The van der Waals surface area contributed by atoms with Crippen molar-refractivity contribution in [3.63, 3.8) is 0 Å². The monoisotopic (exact) mass is 542 g/mol. The zero-order valence-electron chi connectivity index (χ0n) is 18.1. The molecule has 168 valence electrons. The van der Waals surface area contributed by atoms with Crippen LogP contribution in [0.4, 0.5) is 0 Å². The molecule has 0 fully saturated rings. The summed E-state index contributed by atoms with van der Waals surface area (Å²) in [5.74, 6) is 0. The number of hydrogen-bond acceptors (Lipinski definition) is 4. The van der Waals surface area contributed by atoms with Crippen molar-refractivity contribution >= 4 is 43.6 Å². The van der Waals surface area contributed by atoms with Gasteiger partial charge >= 0.3 is 202 Å². The maximum absolute atomic E-state index is 12.9. The van der Waals surface area contributed by atoms with Crippen LogP contribution in [0.2, 0.25) is 0 Å². The first kappa shape index (κ1) is 23.5. The number of rotatable bonds is 6. The fourth-order valence-corrected chi connectivity index (χ4v) is 8.19. The van der Waals surface area contributed by atoms with Gasteiger partial charge in [0.15, 0.2) is 0 Å². The zero-order valence-corrected chi connectivity index (χ0v) is 21.4. The first-order valence-electron chi connectivity index (χ1n) is 10.2. The van der Waals surface area contributed by atoms with Gasteiger partial charge in [0.25, 0.3) is 0 Å². The normalized spacial score (nSPS) is 11.9. The molecule has 0 heterocycles. The van der Waals surface area contributed by atoms with Gasteiger partial charge in [0.05, 0.1) is 0 Å². The number of sulfone groups is 2. The van der Waals surface area contributed by atoms with Gasteiger partial charge in [-0.1, -0.05) is 0 Å². The van der Waals surface area contributed by atoms with E-state index in [2.05, 4.69) is 0 Å². The van der Waals surface area contributed by atoms with E-state index in [1.165, 1.54) is 0 Å². The van der Waals surface area contributed by atoms with E-state index in [4.69, 9.17) is 0 Å². The average molecular weight is 542 g/mol. The Labute approximate surface area is 201 Å². The van der Waals surface area contributed by atoms with Gasteiger partial charge in [-0.25, -0.2) is 0 Å². The van der Waals surface area contributed by atoms with E-state index in [-0.39, 0.29) is 24.7 Å². The molecule has 0 unspecified atom stereocenters. The topological polar surface area (TPSA) is 68.3 Å². The summed E-state index contributed by atoms with van der Waals surface area (Å²) < 4.78 is 53.8. The Bertz CT molecular complexity index is 1390. The van der Waals surface area contributed by atoms with Crippen LogP contribution in [0.15, 0.2) is 117 Å². The quantitative estimate of drug-likeness (QED) is 0.350. The molecule has 0 amide bonds. The van der Waals surface area contributed by atoms with Crippen molar-refractivity contribution in [3.8, 4) is 0 Å². The van der Waals surface area contributed by atoms with Gasteiger partial charge in [0, 0.05) is 0 Å². The Morgan fingerprint density at radius 3 is 1.15 bits per heavy atom.